The number of hydrogen-bond acceptors (Lipinski definition) is 5. The lowest BCUT2D eigenvalue weighted by Gasteiger charge is -2.08. The van der Waals surface area contributed by atoms with E-state index in [9.17, 15) is 14.4 Å². The summed E-state index contributed by atoms with van der Waals surface area (Å²) in [5, 5.41) is 25.6. The number of carboxylic acid groups (broad SMARTS) is 2. The van der Waals surface area contributed by atoms with E-state index in [0.717, 1.165) is 0 Å². The molecule has 16 heavy (non-hydrogen) atoms. The van der Waals surface area contributed by atoms with E-state index in [1.165, 1.54) is 0 Å². The standard InChI is InChI=1S/C9H12O7/c1-5(8(13)14)2-3-16-9(15)6(10)4-7(11)12/h6,10H,1-4H2,(H,11,12)(H,13,14). The number of carbonyl (C=O) groups is 3. The first kappa shape index (κ1) is 14.1. The maximum atomic E-state index is 10.9. The Labute approximate surface area is 90.9 Å². The molecule has 0 aromatic rings. The molecule has 1 unspecified atom stereocenters. The van der Waals surface area contributed by atoms with Crippen molar-refractivity contribution in [2.75, 3.05) is 6.61 Å². The van der Waals surface area contributed by atoms with Crippen molar-refractivity contribution >= 4 is 17.9 Å². The minimum atomic E-state index is -1.74. The first-order valence-electron chi connectivity index (χ1n) is 4.32. The fraction of sp³-hybridized carbons (Fsp3) is 0.444. The Bertz CT molecular complexity index is 307. The van der Waals surface area contributed by atoms with E-state index >= 15 is 0 Å². The average molecular weight is 232 g/mol. The Morgan fingerprint density at radius 2 is 1.81 bits per heavy atom. The van der Waals surface area contributed by atoms with E-state index < -0.39 is 30.4 Å². The molecule has 0 aliphatic heterocycles. The lowest BCUT2D eigenvalue weighted by molar-refractivity contribution is -0.158. The van der Waals surface area contributed by atoms with Gasteiger partial charge in [-0.3, -0.25) is 4.79 Å². The molecule has 1 atom stereocenters. The van der Waals surface area contributed by atoms with Gasteiger partial charge in [-0.1, -0.05) is 6.58 Å². The molecule has 0 radical (unpaired) electrons. The van der Waals surface area contributed by atoms with Gasteiger partial charge in [0.05, 0.1) is 13.0 Å². The molecule has 0 fully saturated rings. The molecule has 0 saturated heterocycles. The van der Waals surface area contributed by atoms with Gasteiger partial charge in [0, 0.05) is 12.0 Å². The minimum Gasteiger partial charge on any atom is -0.481 e. The summed E-state index contributed by atoms with van der Waals surface area (Å²) in [6.07, 6.45) is -2.57. The number of aliphatic carboxylic acids is 2. The van der Waals surface area contributed by atoms with Gasteiger partial charge in [-0.05, 0) is 0 Å². The van der Waals surface area contributed by atoms with Crippen molar-refractivity contribution in [3.8, 4) is 0 Å². The van der Waals surface area contributed by atoms with Crippen molar-refractivity contribution in [1.29, 1.82) is 0 Å². The largest absolute Gasteiger partial charge is 0.481 e. The number of ether oxygens (including phenoxy) is 1. The van der Waals surface area contributed by atoms with Crippen LogP contribution in [0.2, 0.25) is 0 Å². The van der Waals surface area contributed by atoms with Crippen molar-refractivity contribution < 1.29 is 34.4 Å². The van der Waals surface area contributed by atoms with Crippen LogP contribution in [-0.2, 0) is 19.1 Å². The lowest BCUT2D eigenvalue weighted by Crippen LogP contribution is -2.26. The Morgan fingerprint density at radius 3 is 2.25 bits per heavy atom. The Hall–Kier alpha value is -1.89. The highest BCUT2D eigenvalue weighted by atomic mass is 16.5. The molecule has 7 heteroatoms. The van der Waals surface area contributed by atoms with Gasteiger partial charge in [-0.2, -0.15) is 0 Å². The van der Waals surface area contributed by atoms with Gasteiger partial charge in [0.1, 0.15) is 0 Å². The summed E-state index contributed by atoms with van der Waals surface area (Å²) in [4.78, 5) is 31.3. The number of aliphatic hydroxyl groups is 1. The van der Waals surface area contributed by atoms with Crippen LogP contribution < -0.4 is 0 Å². The predicted octanol–water partition coefficient (Wildman–Crippen LogP) is -0.604. The van der Waals surface area contributed by atoms with Crippen LogP contribution in [0.15, 0.2) is 12.2 Å². The van der Waals surface area contributed by atoms with Crippen LogP contribution in [0.4, 0.5) is 0 Å². The zero-order valence-corrected chi connectivity index (χ0v) is 8.38. The van der Waals surface area contributed by atoms with Gasteiger partial charge in [-0.15, -0.1) is 0 Å². The van der Waals surface area contributed by atoms with Crippen LogP contribution in [-0.4, -0.2) is 45.9 Å². The molecular weight excluding hydrogens is 220 g/mol. The summed E-state index contributed by atoms with van der Waals surface area (Å²) in [6, 6.07) is 0. The second kappa shape index (κ2) is 6.57. The highest BCUT2D eigenvalue weighted by Gasteiger charge is 2.20. The third kappa shape index (κ3) is 5.76. The summed E-state index contributed by atoms with van der Waals surface area (Å²) in [6.45, 7) is 2.93. The number of hydrogen-bond donors (Lipinski definition) is 3. The summed E-state index contributed by atoms with van der Waals surface area (Å²) < 4.78 is 4.45. The lowest BCUT2D eigenvalue weighted by atomic mass is 10.2. The molecule has 0 bridgehead atoms. The first-order valence-corrected chi connectivity index (χ1v) is 4.32. The molecule has 90 valence electrons. The zero-order valence-electron chi connectivity index (χ0n) is 8.38. The molecule has 0 aliphatic carbocycles. The highest BCUT2D eigenvalue weighted by molar-refractivity contribution is 5.85. The van der Waals surface area contributed by atoms with E-state index in [0.29, 0.717) is 0 Å². The molecule has 0 rings (SSSR count). The van der Waals surface area contributed by atoms with Crippen LogP contribution in [0.25, 0.3) is 0 Å². The number of aliphatic hydroxyl groups excluding tert-OH is 1. The van der Waals surface area contributed by atoms with Crippen molar-refractivity contribution in [3.63, 3.8) is 0 Å². The smallest absolute Gasteiger partial charge is 0.335 e. The Balaban J connectivity index is 3.85. The summed E-state index contributed by atoms with van der Waals surface area (Å²) in [5.41, 5.74) is -0.138. The van der Waals surface area contributed by atoms with Gasteiger partial charge in [0.2, 0.25) is 0 Å². The van der Waals surface area contributed by atoms with Crippen molar-refractivity contribution in [2.24, 2.45) is 0 Å². The summed E-state index contributed by atoms with van der Waals surface area (Å²) in [7, 11) is 0. The van der Waals surface area contributed by atoms with Crippen molar-refractivity contribution in [3.05, 3.63) is 12.2 Å². The molecule has 0 spiro atoms. The second-order valence-electron chi connectivity index (χ2n) is 2.94. The topological polar surface area (TPSA) is 121 Å². The average Bonchev–Trinajstić information content (AvgIpc) is 2.15. The third-order valence-electron chi connectivity index (χ3n) is 1.59. The van der Waals surface area contributed by atoms with Gasteiger partial charge in [0.15, 0.2) is 6.10 Å². The van der Waals surface area contributed by atoms with Crippen LogP contribution in [0.3, 0.4) is 0 Å². The molecule has 0 amide bonds. The van der Waals surface area contributed by atoms with Gasteiger partial charge in [-0.25, -0.2) is 9.59 Å². The fourth-order valence-corrected chi connectivity index (χ4v) is 0.727. The zero-order chi connectivity index (χ0) is 12.7. The van der Waals surface area contributed by atoms with E-state index in [1.807, 2.05) is 0 Å². The summed E-state index contributed by atoms with van der Waals surface area (Å²) >= 11 is 0. The van der Waals surface area contributed by atoms with Gasteiger partial charge < -0.3 is 20.1 Å². The van der Waals surface area contributed by atoms with Gasteiger partial charge in [0.25, 0.3) is 0 Å². The molecule has 3 N–H and O–H groups in total. The van der Waals surface area contributed by atoms with Crippen molar-refractivity contribution in [1.82, 2.24) is 0 Å². The van der Waals surface area contributed by atoms with Gasteiger partial charge >= 0.3 is 17.9 Å². The molecule has 0 aromatic carbocycles. The fourth-order valence-electron chi connectivity index (χ4n) is 0.727. The van der Waals surface area contributed by atoms with E-state index in [1.54, 1.807) is 0 Å². The normalized spacial score (nSPS) is 11.6. The highest BCUT2D eigenvalue weighted by Crippen LogP contribution is 2.01. The van der Waals surface area contributed by atoms with E-state index in [4.69, 9.17) is 15.3 Å². The predicted molar refractivity (Wildman–Crippen MR) is 50.6 cm³/mol. The maximum Gasteiger partial charge on any atom is 0.335 e. The van der Waals surface area contributed by atoms with Crippen LogP contribution in [0, 0.1) is 0 Å². The van der Waals surface area contributed by atoms with Crippen LogP contribution in [0.1, 0.15) is 12.8 Å². The molecule has 7 nitrogen and oxygen atoms in total. The monoisotopic (exact) mass is 232 g/mol. The Morgan fingerprint density at radius 1 is 1.25 bits per heavy atom. The van der Waals surface area contributed by atoms with Crippen LogP contribution >= 0.6 is 0 Å². The second-order valence-corrected chi connectivity index (χ2v) is 2.94. The number of rotatable bonds is 7. The van der Waals surface area contributed by atoms with Crippen LogP contribution in [0.5, 0.6) is 0 Å². The van der Waals surface area contributed by atoms with Crippen molar-refractivity contribution in [2.45, 2.75) is 18.9 Å². The summed E-state index contributed by atoms with van der Waals surface area (Å²) in [5.74, 6) is -3.64. The molecule has 0 heterocycles. The van der Waals surface area contributed by atoms with E-state index in [-0.39, 0.29) is 18.6 Å². The maximum absolute atomic E-state index is 10.9. The first-order chi connectivity index (χ1) is 7.34. The molecular formula is C9H12O7. The third-order valence-corrected chi connectivity index (χ3v) is 1.59. The molecule has 0 aromatic heterocycles. The van der Waals surface area contributed by atoms with E-state index in [2.05, 4.69) is 11.3 Å². The number of carbonyl (C=O) groups excluding carboxylic acids is 1. The number of esters is 1. The quantitative estimate of drug-likeness (QED) is 0.395. The minimum absolute atomic E-state index is 0.0825. The molecule has 0 aliphatic rings. The molecule has 0 saturated carbocycles. The SMILES string of the molecule is C=C(CCOC(=O)C(O)CC(=O)O)C(=O)O. The Kier molecular flexibility index (Phi) is 5.79. The number of carboxylic acids is 2.